The Hall–Kier alpha value is -2.35. The van der Waals surface area contributed by atoms with Crippen molar-refractivity contribution in [2.24, 2.45) is 5.73 Å². The van der Waals surface area contributed by atoms with Crippen LogP contribution in [0.5, 0.6) is 17.2 Å². The average Bonchev–Trinajstić information content (AvgIpc) is 2.40. The predicted octanol–water partition coefficient (Wildman–Crippen LogP) is 3.41. The molecular formula is C13H9F3N2O2S. The van der Waals surface area contributed by atoms with Crippen LogP contribution in [0.3, 0.4) is 0 Å². The Bertz CT molecular complexity index is 662. The second-order valence-corrected chi connectivity index (χ2v) is 4.25. The van der Waals surface area contributed by atoms with E-state index in [1.807, 2.05) is 0 Å². The first-order valence-electron chi connectivity index (χ1n) is 5.64. The number of thiocarbonyl (C=S) groups is 1. The highest BCUT2D eigenvalue weighted by Crippen LogP contribution is 2.35. The van der Waals surface area contributed by atoms with Gasteiger partial charge in [-0.05, 0) is 24.3 Å². The second-order valence-electron chi connectivity index (χ2n) is 3.81. The van der Waals surface area contributed by atoms with Crippen LogP contribution in [0.25, 0.3) is 0 Å². The van der Waals surface area contributed by atoms with Crippen molar-refractivity contribution in [3.63, 3.8) is 0 Å². The molecule has 0 radical (unpaired) electrons. The summed E-state index contributed by atoms with van der Waals surface area (Å²) in [4.78, 5) is 3.90. The molecule has 0 aliphatic rings. The van der Waals surface area contributed by atoms with Crippen LogP contribution < -0.4 is 15.2 Å². The van der Waals surface area contributed by atoms with Gasteiger partial charge in [0.05, 0.1) is 0 Å². The summed E-state index contributed by atoms with van der Waals surface area (Å²) in [6, 6.07) is 8.41. The molecule has 2 rings (SSSR count). The number of hydrogen-bond acceptors (Lipinski definition) is 4. The summed E-state index contributed by atoms with van der Waals surface area (Å²) in [6.45, 7) is 0. The fourth-order valence-electron chi connectivity index (χ4n) is 1.52. The van der Waals surface area contributed by atoms with E-state index in [9.17, 15) is 13.2 Å². The highest BCUT2D eigenvalue weighted by molar-refractivity contribution is 7.80. The number of nitrogens with zero attached hydrogens (tertiary/aromatic N) is 1. The number of pyridine rings is 1. The van der Waals surface area contributed by atoms with Gasteiger partial charge in [0.25, 0.3) is 0 Å². The summed E-state index contributed by atoms with van der Waals surface area (Å²) in [5.41, 5.74) is 5.66. The third kappa shape index (κ3) is 4.06. The zero-order valence-electron chi connectivity index (χ0n) is 10.4. The van der Waals surface area contributed by atoms with Crippen LogP contribution in [0.2, 0.25) is 0 Å². The van der Waals surface area contributed by atoms with E-state index in [0.29, 0.717) is 0 Å². The SMILES string of the molecule is NC(=S)c1ncccc1Oc1ccccc1OC(F)(F)F. The molecular weight excluding hydrogens is 305 g/mol. The summed E-state index contributed by atoms with van der Waals surface area (Å²) in [6.07, 6.45) is -3.38. The third-order valence-electron chi connectivity index (χ3n) is 2.30. The molecule has 1 aromatic heterocycles. The van der Waals surface area contributed by atoms with Crippen LogP contribution >= 0.6 is 12.2 Å². The molecule has 0 amide bonds. The summed E-state index contributed by atoms with van der Waals surface area (Å²) in [5, 5.41) is 0. The van der Waals surface area contributed by atoms with Crippen molar-refractivity contribution >= 4 is 17.2 Å². The van der Waals surface area contributed by atoms with Crippen molar-refractivity contribution in [3.8, 4) is 17.2 Å². The number of halogens is 3. The van der Waals surface area contributed by atoms with Gasteiger partial charge in [-0.2, -0.15) is 0 Å². The van der Waals surface area contributed by atoms with Crippen molar-refractivity contribution < 1.29 is 22.6 Å². The van der Waals surface area contributed by atoms with Gasteiger partial charge in [0.2, 0.25) is 0 Å². The lowest BCUT2D eigenvalue weighted by atomic mass is 10.3. The molecule has 0 fully saturated rings. The molecule has 4 nitrogen and oxygen atoms in total. The third-order valence-corrected chi connectivity index (χ3v) is 2.49. The lowest BCUT2D eigenvalue weighted by Crippen LogP contribution is -2.17. The molecule has 0 saturated heterocycles. The van der Waals surface area contributed by atoms with Crippen molar-refractivity contribution in [1.29, 1.82) is 0 Å². The van der Waals surface area contributed by atoms with Crippen LogP contribution in [-0.2, 0) is 0 Å². The Labute approximate surface area is 123 Å². The van der Waals surface area contributed by atoms with Gasteiger partial charge in [0.1, 0.15) is 10.7 Å². The first-order valence-corrected chi connectivity index (χ1v) is 6.05. The summed E-state index contributed by atoms with van der Waals surface area (Å²) in [7, 11) is 0. The number of hydrogen-bond donors (Lipinski definition) is 1. The molecule has 2 aromatic rings. The fourth-order valence-corrected chi connectivity index (χ4v) is 1.67. The van der Waals surface area contributed by atoms with Crippen molar-refractivity contribution in [1.82, 2.24) is 4.98 Å². The normalized spacial score (nSPS) is 11.0. The molecule has 0 unspecified atom stereocenters. The topological polar surface area (TPSA) is 57.4 Å². The Morgan fingerprint density at radius 3 is 2.29 bits per heavy atom. The van der Waals surface area contributed by atoms with Gasteiger partial charge in [-0.1, -0.05) is 24.4 Å². The molecule has 0 aliphatic carbocycles. The Morgan fingerprint density at radius 2 is 1.67 bits per heavy atom. The Kier molecular flexibility index (Phi) is 4.27. The number of para-hydroxylation sites is 2. The smallest absolute Gasteiger partial charge is 0.451 e. The van der Waals surface area contributed by atoms with E-state index >= 15 is 0 Å². The molecule has 0 bridgehead atoms. The maximum absolute atomic E-state index is 12.3. The van der Waals surface area contributed by atoms with Crippen LogP contribution in [0, 0.1) is 0 Å². The van der Waals surface area contributed by atoms with E-state index in [0.717, 1.165) is 6.07 Å². The largest absolute Gasteiger partial charge is 0.573 e. The van der Waals surface area contributed by atoms with E-state index in [-0.39, 0.29) is 22.2 Å². The van der Waals surface area contributed by atoms with E-state index < -0.39 is 12.1 Å². The van der Waals surface area contributed by atoms with Crippen LogP contribution in [0.4, 0.5) is 13.2 Å². The molecule has 1 aromatic carbocycles. The minimum absolute atomic E-state index is 0.0279. The maximum Gasteiger partial charge on any atom is 0.573 e. The molecule has 2 N–H and O–H groups in total. The predicted molar refractivity (Wildman–Crippen MR) is 73.3 cm³/mol. The molecule has 8 heteroatoms. The van der Waals surface area contributed by atoms with E-state index in [1.54, 1.807) is 6.07 Å². The molecule has 0 atom stereocenters. The zero-order valence-corrected chi connectivity index (χ0v) is 11.2. The lowest BCUT2D eigenvalue weighted by Gasteiger charge is -2.14. The first kappa shape index (κ1) is 15.0. The van der Waals surface area contributed by atoms with Crippen LogP contribution in [0.1, 0.15) is 5.69 Å². The quantitative estimate of drug-likeness (QED) is 0.877. The summed E-state index contributed by atoms with van der Waals surface area (Å²) < 4.78 is 46.3. The van der Waals surface area contributed by atoms with Gasteiger partial charge in [0.15, 0.2) is 17.2 Å². The molecule has 1 heterocycles. The van der Waals surface area contributed by atoms with Gasteiger partial charge >= 0.3 is 6.36 Å². The lowest BCUT2D eigenvalue weighted by molar-refractivity contribution is -0.275. The number of ether oxygens (including phenoxy) is 2. The van der Waals surface area contributed by atoms with Crippen LogP contribution in [-0.4, -0.2) is 16.3 Å². The monoisotopic (exact) mass is 314 g/mol. The first-order chi connectivity index (χ1) is 9.87. The molecule has 0 spiro atoms. The minimum atomic E-state index is -4.82. The summed E-state index contributed by atoms with van der Waals surface area (Å²) in [5.74, 6) is -0.453. The number of benzene rings is 1. The summed E-state index contributed by atoms with van der Waals surface area (Å²) >= 11 is 4.81. The fraction of sp³-hybridized carbons (Fsp3) is 0.0769. The number of aromatic nitrogens is 1. The Morgan fingerprint density at radius 1 is 1.05 bits per heavy atom. The van der Waals surface area contributed by atoms with Gasteiger partial charge in [-0.3, -0.25) is 0 Å². The number of alkyl halides is 3. The van der Waals surface area contributed by atoms with Gasteiger partial charge in [-0.15, -0.1) is 13.2 Å². The standard InChI is InChI=1S/C13H9F3N2O2S/c14-13(15,16)20-9-5-2-1-4-8(9)19-10-6-3-7-18-11(10)12(17)21/h1-7H,(H2,17,21). The highest BCUT2D eigenvalue weighted by atomic mass is 32.1. The average molecular weight is 314 g/mol. The van der Waals surface area contributed by atoms with E-state index in [1.165, 1.54) is 30.5 Å². The second kappa shape index (κ2) is 5.96. The van der Waals surface area contributed by atoms with Gasteiger partial charge in [0, 0.05) is 6.20 Å². The molecule has 110 valence electrons. The minimum Gasteiger partial charge on any atom is -0.451 e. The number of nitrogens with two attached hydrogens (primary N) is 1. The maximum atomic E-state index is 12.3. The van der Waals surface area contributed by atoms with Crippen molar-refractivity contribution in [2.45, 2.75) is 6.36 Å². The van der Waals surface area contributed by atoms with E-state index in [2.05, 4.69) is 9.72 Å². The Balaban J connectivity index is 2.35. The molecule has 0 aliphatic heterocycles. The molecule has 0 saturated carbocycles. The molecule has 21 heavy (non-hydrogen) atoms. The van der Waals surface area contributed by atoms with E-state index in [4.69, 9.17) is 22.7 Å². The van der Waals surface area contributed by atoms with Crippen molar-refractivity contribution in [2.75, 3.05) is 0 Å². The highest BCUT2D eigenvalue weighted by Gasteiger charge is 2.32. The zero-order chi connectivity index (χ0) is 15.5. The number of rotatable bonds is 4. The van der Waals surface area contributed by atoms with Crippen LogP contribution in [0.15, 0.2) is 42.6 Å². The van der Waals surface area contributed by atoms with Gasteiger partial charge < -0.3 is 15.2 Å². The van der Waals surface area contributed by atoms with Gasteiger partial charge in [-0.25, -0.2) is 4.98 Å². The van der Waals surface area contributed by atoms with Crippen molar-refractivity contribution in [3.05, 3.63) is 48.3 Å².